The van der Waals surface area contributed by atoms with Gasteiger partial charge in [0, 0.05) is 54.7 Å². The Morgan fingerprint density at radius 3 is 2.65 bits per heavy atom. The number of hydrogen-bond donors (Lipinski definition) is 0. The van der Waals surface area contributed by atoms with Crippen LogP contribution in [0.3, 0.4) is 0 Å². The standard InChI is InChI=1S/C24H27N5O2/c1-5-29-16(3)12-27(13-17(29)4)19-7-6-18-8-20(24(30)31-22(18)9-19)21-14-28-11-15(2)25-10-23(28)26-21/h6-11,14,16-17H,5,12-13H2,1-4H3. The summed E-state index contributed by atoms with van der Waals surface area (Å²) in [5.41, 5.74) is 3.95. The number of benzene rings is 1. The number of imidazole rings is 1. The van der Waals surface area contributed by atoms with Crippen molar-refractivity contribution in [1.82, 2.24) is 19.3 Å². The fourth-order valence-electron chi connectivity index (χ4n) is 4.80. The minimum atomic E-state index is -0.379. The van der Waals surface area contributed by atoms with Gasteiger partial charge in [0.15, 0.2) is 5.65 Å². The molecular weight excluding hydrogens is 390 g/mol. The van der Waals surface area contributed by atoms with Gasteiger partial charge in [-0.15, -0.1) is 0 Å². The van der Waals surface area contributed by atoms with E-state index in [1.165, 1.54) is 0 Å². The maximum atomic E-state index is 12.8. The molecule has 0 spiro atoms. The molecular formula is C24H27N5O2. The number of nitrogens with zero attached hydrogens (tertiary/aromatic N) is 5. The summed E-state index contributed by atoms with van der Waals surface area (Å²) >= 11 is 0. The van der Waals surface area contributed by atoms with Crippen LogP contribution in [-0.4, -0.2) is 51.0 Å². The predicted molar refractivity (Wildman–Crippen MR) is 123 cm³/mol. The molecule has 4 heterocycles. The third-order valence-electron chi connectivity index (χ3n) is 6.30. The lowest BCUT2D eigenvalue weighted by molar-refractivity contribution is 0.140. The van der Waals surface area contributed by atoms with Gasteiger partial charge in [-0.25, -0.2) is 9.78 Å². The summed E-state index contributed by atoms with van der Waals surface area (Å²) in [6.07, 6.45) is 5.43. The van der Waals surface area contributed by atoms with E-state index in [4.69, 9.17) is 4.42 Å². The molecule has 1 saturated heterocycles. The molecule has 160 valence electrons. The minimum Gasteiger partial charge on any atom is -0.422 e. The average Bonchev–Trinajstić information content (AvgIpc) is 3.15. The van der Waals surface area contributed by atoms with Crippen LogP contribution in [-0.2, 0) is 0 Å². The Labute approximate surface area is 180 Å². The lowest BCUT2D eigenvalue weighted by Crippen LogP contribution is -2.56. The highest BCUT2D eigenvalue weighted by Crippen LogP contribution is 2.27. The fourth-order valence-corrected chi connectivity index (χ4v) is 4.80. The molecule has 1 fully saturated rings. The summed E-state index contributed by atoms with van der Waals surface area (Å²) < 4.78 is 7.61. The molecule has 7 nitrogen and oxygen atoms in total. The topological polar surface area (TPSA) is 66.9 Å². The second kappa shape index (κ2) is 7.50. The van der Waals surface area contributed by atoms with Crippen molar-refractivity contribution in [3.05, 3.63) is 59.0 Å². The van der Waals surface area contributed by atoms with Crippen LogP contribution in [0.1, 0.15) is 26.5 Å². The Kier molecular flexibility index (Phi) is 4.78. The molecule has 0 radical (unpaired) electrons. The van der Waals surface area contributed by atoms with E-state index in [0.717, 1.165) is 36.4 Å². The largest absolute Gasteiger partial charge is 0.422 e. The third kappa shape index (κ3) is 3.49. The maximum absolute atomic E-state index is 12.8. The summed E-state index contributed by atoms with van der Waals surface area (Å²) in [4.78, 5) is 26.5. The molecule has 1 aliphatic rings. The van der Waals surface area contributed by atoms with Crippen molar-refractivity contribution in [2.75, 3.05) is 24.5 Å². The second-order valence-corrected chi connectivity index (χ2v) is 8.52. The van der Waals surface area contributed by atoms with Gasteiger partial charge >= 0.3 is 5.63 Å². The molecule has 7 heteroatoms. The van der Waals surface area contributed by atoms with Crippen molar-refractivity contribution in [3.8, 4) is 11.3 Å². The van der Waals surface area contributed by atoms with Crippen LogP contribution in [0.25, 0.3) is 27.9 Å². The first-order valence-corrected chi connectivity index (χ1v) is 10.8. The highest BCUT2D eigenvalue weighted by molar-refractivity contribution is 5.84. The van der Waals surface area contributed by atoms with E-state index >= 15 is 0 Å². The zero-order chi connectivity index (χ0) is 21.7. The minimum absolute atomic E-state index is 0.379. The molecule has 1 aromatic carbocycles. The zero-order valence-electron chi connectivity index (χ0n) is 18.4. The van der Waals surface area contributed by atoms with E-state index in [9.17, 15) is 4.79 Å². The van der Waals surface area contributed by atoms with E-state index < -0.39 is 0 Å². The van der Waals surface area contributed by atoms with Gasteiger partial charge in [0.2, 0.25) is 0 Å². The predicted octanol–water partition coefficient (Wildman–Crippen LogP) is 3.73. The van der Waals surface area contributed by atoms with Crippen LogP contribution in [0.4, 0.5) is 5.69 Å². The summed E-state index contributed by atoms with van der Waals surface area (Å²) in [6, 6.07) is 8.95. The monoisotopic (exact) mass is 417 g/mol. The first kappa shape index (κ1) is 19.8. The molecule has 31 heavy (non-hydrogen) atoms. The molecule has 2 atom stereocenters. The molecule has 4 aromatic rings. The summed E-state index contributed by atoms with van der Waals surface area (Å²) in [5.74, 6) is 0. The van der Waals surface area contributed by atoms with Gasteiger partial charge in [-0.05, 0) is 45.5 Å². The zero-order valence-corrected chi connectivity index (χ0v) is 18.4. The SMILES string of the molecule is CCN1C(C)CN(c2ccc3cc(-c4cn5cc(C)ncc5n4)c(=O)oc3c2)CC1C. The Morgan fingerprint density at radius 1 is 1.13 bits per heavy atom. The lowest BCUT2D eigenvalue weighted by Gasteiger charge is -2.45. The number of aryl methyl sites for hydroxylation is 1. The van der Waals surface area contributed by atoms with E-state index in [0.29, 0.717) is 34.6 Å². The number of aromatic nitrogens is 3. The molecule has 3 aromatic heterocycles. The van der Waals surface area contributed by atoms with Gasteiger partial charge in [-0.3, -0.25) is 9.88 Å². The normalized spacial score (nSPS) is 20.1. The maximum Gasteiger partial charge on any atom is 0.345 e. The summed E-state index contributed by atoms with van der Waals surface area (Å²) in [7, 11) is 0. The van der Waals surface area contributed by atoms with Crippen LogP contribution in [0.15, 0.2) is 52.1 Å². The van der Waals surface area contributed by atoms with Crippen LogP contribution in [0, 0.1) is 6.92 Å². The van der Waals surface area contributed by atoms with Gasteiger partial charge < -0.3 is 13.7 Å². The molecule has 0 bridgehead atoms. The average molecular weight is 418 g/mol. The number of likely N-dealkylation sites (N-methyl/N-ethyl adjacent to an activating group) is 1. The van der Waals surface area contributed by atoms with E-state index in [-0.39, 0.29) is 5.63 Å². The van der Waals surface area contributed by atoms with Gasteiger partial charge in [0.25, 0.3) is 0 Å². The fraction of sp³-hybridized carbons (Fsp3) is 0.375. The first-order valence-electron chi connectivity index (χ1n) is 10.8. The quantitative estimate of drug-likeness (QED) is 0.473. The van der Waals surface area contributed by atoms with E-state index in [1.807, 2.05) is 41.9 Å². The van der Waals surface area contributed by atoms with E-state index in [2.05, 4.69) is 46.6 Å². The second-order valence-electron chi connectivity index (χ2n) is 8.52. The smallest absolute Gasteiger partial charge is 0.345 e. The van der Waals surface area contributed by atoms with Crippen molar-refractivity contribution in [3.63, 3.8) is 0 Å². The number of piperazine rings is 1. The molecule has 5 rings (SSSR count). The summed E-state index contributed by atoms with van der Waals surface area (Å²) in [5, 5.41) is 0.887. The van der Waals surface area contributed by atoms with Crippen molar-refractivity contribution >= 4 is 22.3 Å². The van der Waals surface area contributed by atoms with Crippen molar-refractivity contribution in [2.24, 2.45) is 0 Å². The highest BCUT2D eigenvalue weighted by Gasteiger charge is 2.28. The van der Waals surface area contributed by atoms with Crippen molar-refractivity contribution in [2.45, 2.75) is 39.8 Å². The Hall–Kier alpha value is -3.19. The molecule has 1 aliphatic heterocycles. The van der Waals surface area contributed by atoms with Gasteiger partial charge in [0.1, 0.15) is 5.58 Å². The number of anilines is 1. The molecule has 0 saturated carbocycles. The lowest BCUT2D eigenvalue weighted by atomic mass is 10.1. The van der Waals surface area contributed by atoms with Crippen LogP contribution in [0.2, 0.25) is 0 Å². The molecule has 0 N–H and O–H groups in total. The van der Waals surface area contributed by atoms with Gasteiger partial charge in [-0.1, -0.05) is 6.92 Å². The Morgan fingerprint density at radius 2 is 1.90 bits per heavy atom. The molecule has 0 amide bonds. The van der Waals surface area contributed by atoms with Crippen LogP contribution >= 0.6 is 0 Å². The Balaban J connectivity index is 1.50. The van der Waals surface area contributed by atoms with Crippen molar-refractivity contribution in [1.29, 1.82) is 0 Å². The highest BCUT2D eigenvalue weighted by atomic mass is 16.4. The van der Waals surface area contributed by atoms with Crippen LogP contribution in [0.5, 0.6) is 0 Å². The van der Waals surface area contributed by atoms with Crippen LogP contribution < -0.4 is 10.5 Å². The molecule has 0 aliphatic carbocycles. The number of fused-ring (bicyclic) bond motifs is 2. The summed E-state index contributed by atoms with van der Waals surface area (Å²) in [6.45, 7) is 11.7. The number of rotatable bonds is 3. The molecule has 2 unspecified atom stereocenters. The van der Waals surface area contributed by atoms with Gasteiger partial charge in [-0.2, -0.15) is 0 Å². The number of hydrogen-bond acceptors (Lipinski definition) is 6. The van der Waals surface area contributed by atoms with Gasteiger partial charge in [0.05, 0.1) is 23.1 Å². The third-order valence-corrected chi connectivity index (χ3v) is 6.30. The first-order chi connectivity index (χ1) is 14.9. The Bertz CT molecular complexity index is 1310. The van der Waals surface area contributed by atoms with Crippen molar-refractivity contribution < 1.29 is 4.42 Å². The van der Waals surface area contributed by atoms with E-state index in [1.54, 1.807) is 6.20 Å².